The van der Waals surface area contributed by atoms with Gasteiger partial charge < -0.3 is 31.5 Å². The second-order valence-corrected chi connectivity index (χ2v) is 6.44. The first-order valence-corrected chi connectivity index (χ1v) is 5.82. The Labute approximate surface area is 113 Å². The van der Waals surface area contributed by atoms with Gasteiger partial charge in [0, 0.05) is 0 Å². The van der Waals surface area contributed by atoms with Crippen LogP contribution < -0.4 is 6.15 Å². The fourth-order valence-electron chi connectivity index (χ4n) is 1.53. The Morgan fingerprint density at radius 1 is 0.556 bits per heavy atom. The predicted octanol–water partition coefficient (Wildman–Crippen LogP) is 0.943. The van der Waals surface area contributed by atoms with E-state index < -0.39 is 0 Å². The number of unbranched alkanes of at least 4 members (excludes halogenated alkanes) is 3. The number of rotatable bonds is 7. The highest BCUT2D eigenvalue weighted by molar-refractivity contribution is 4.42. The number of nitrogens with zero attached hydrogens (tertiary/aromatic N) is 2. The van der Waals surface area contributed by atoms with Crippen LogP contribution in [0.1, 0.15) is 25.7 Å². The van der Waals surface area contributed by atoms with Crippen molar-refractivity contribution in [2.75, 3.05) is 55.4 Å². The second kappa shape index (κ2) is 13.2. The maximum absolute atomic E-state index is 2.27. The van der Waals surface area contributed by atoms with Gasteiger partial charge in [0.05, 0.1) is 55.4 Å². The van der Waals surface area contributed by atoms with Crippen LogP contribution in [0.2, 0.25) is 0 Å². The Morgan fingerprint density at radius 3 is 0.944 bits per heavy atom. The van der Waals surface area contributed by atoms with Crippen LogP contribution in [-0.2, 0) is 0 Å². The molecule has 0 aromatic heterocycles. The highest BCUT2D eigenvalue weighted by Gasteiger charge is 2.07. The predicted molar refractivity (Wildman–Crippen MR) is 76.8 cm³/mol. The van der Waals surface area contributed by atoms with Crippen LogP contribution >= 0.6 is 0 Å². The minimum atomic E-state index is 0. The average molecular weight is 271 g/mol. The van der Waals surface area contributed by atoms with Gasteiger partial charge in [0.1, 0.15) is 0 Å². The lowest BCUT2D eigenvalue weighted by Gasteiger charge is -2.25. The highest BCUT2D eigenvalue weighted by Crippen LogP contribution is 2.05. The zero-order chi connectivity index (χ0) is 11.2. The molecule has 0 aromatic rings. The van der Waals surface area contributed by atoms with E-state index in [1.165, 1.54) is 38.8 Å². The summed E-state index contributed by atoms with van der Waals surface area (Å²) in [6.45, 7) is 2.62. The molecule has 0 fully saturated rings. The molecule has 0 rings (SSSR count). The van der Waals surface area contributed by atoms with Gasteiger partial charge in [0.25, 0.3) is 0 Å². The van der Waals surface area contributed by atoms with E-state index in [2.05, 4.69) is 42.3 Å². The molecule has 0 saturated heterocycles. The molecule has 0 heterocycles. The summed E-state index contributed by atoms with van der Waals surface area (Å²) in [4.78, 5) is 0. The Hall–Kier alpha value is -0.240. The van der Waals surface area contributed by atoms with E-state index in [0.717, 1.165) is 8.97 Å². The van der Waals surface area contributed by atoms with Gasteiger partial charge in [-0.15, -0.1) is 0 Å². The molecule has 0 atom stereocenters. The fourth-order valence-corrected chi connectivity index (χ4v) is 1.53. The smallest absolute Gasteiger partial charge is 0.0780 e. The topological polar surface area (TPSA) is 126 Å². The molecule has 0 aromatic carbocycles. The van der Waals surface area contributed by atoms with Crippen LogP contribution in [0.5, 0.6) is 0 Å². The van der Waals surface area contributed by atoms with Gasteiger partial charge in [-0.05, 0) is 25.7 Å². The third-order valence-electron chi connectivity index (χ3n) is 2.41. The van der Waals surface area contributed by atoms with E-state index in [1.54, 1.807) is 0 Å². The van der Waals surface area contributed by atoms with Crippen LogP contribution in [0.3, 0.4) is 0 Å². The molecule has 0 amide bonds. The van der Waals surface area contributed by atoms with Crippen molar-refractivity contribution in [1.82, 2.24) is 6.15 Å². The summed E-state index contributed by atoms with van der Waals surface area (Å²) in [5.41, 5.74) is 0. The maximum atomic E-state index is 2.27. The molecular formula is C12H37N3O3. The van der Waals surface area contributed by atoms with Crippen molar-refractivity contribution >= 4 is 0 Å². The van der Waals surface area contributed by atoms with Gasteiger partial charge in [0.2, 0.25) is 0 Å². The summed E-state index contributed by atoms with van der Waals surface area (Å²) in [6, 6.07) is 0. The van der Waals surface area contributed by atoms with Gasteiger partial charge in [-0.3, -0.25) is 0 Å². The van der Waals surface area contributed by atoms with E-state index >= 15 is 0 Å². The lowest BCUT2D eigenvalue weighted by atomic mass is 10.1. The number of hydrogen-bond donors (Lipinski definition) is 1. The van der Waals surface area contributed by atoms with Crippen LogP contribution in [0.15, 0.2) is 0 Å². The molecule has 18 heavy (non-hydrogen) atoms. The van der Waals surface area contributed by atoms with Crippen LogP contribution in [0.25, 0.3) is 0 Å². The molecule has 0 aliphatic carbocycles. The fraction of sp³-hybridized carbons (Fsp3) is 1.00. The minimum absolute atomic E-state index is 0. The normalized spacial score (nSPS) is 10.3. The van der Waals surface area contributed by atoms with Crippen molar-refractivity contribution in [2.24, 2.45) is 0 Å². The summed E-state index contributed by atoms with van der Waals surface area (Å²) in [5, 5.41) is 0. The third kappa shape index (κ3) is 29.7. The largest absolute Gasteiger partial charge is 0.870 e. The number of hydrogen-bond acceptors (Lipinski definition) is 3. The molecule has 0 spiro atoms. The first-order chi connectivity index (χ1) is 6.21. The Morgan fingerprint density at radius 2 is 0.778 bits per heavy atom. The first kappa shape index (κ1) is 30.6. The standard InChI is InChI=1S/C12H30N2.H3N.3H2O/c1-13(2,3)11-9-7-8-10-12-14(4,5)6;;;;/h7-12H2,1-6H3;1H3;3*1H2/q+2;;;;/p-2. The van der Waals surface area contributed by atoms with Gasteiger partial charge in [-0.2, -0.15) is 0 Å². The molecule has 0 bridgehead atoms. The van der Waals surface area contributed by atoms with Crippen molar-refractivity contribution in [3.8, 4) is 0 Å². The summed E-state index contributed by atoms with van der Waals surface area (Å²) in [7, 11) is 13.6. The molecule has 0 aliphatic heterocycles. The van der Waals surface area contributed by atoms with Crippen molar-refractivity contribution in [3.63, 3.8) is 0 Å². The second-order valence-electron chi connectivity index (χ2n) is 6.44. The maximum Gasteiger partial charge on any atom is 0.0780 e. The SMILES string of the molecule is C[N+](C)(C)CCCCCC[N+](C)(C)C.N.O.[OH-].[OH-]. The van der Waals surface area contributed by atoms with E-state index in [1.807, 2.05) is 0 Å². The molecule has 6 nitrogen and oxygen atoms in total. The third-order valence-corrected chi connectivity index (χ3v) is 2.41. The first-order valence-electron chi connectivity index (χ1n) is 5.82. The molecule has 0 unspecified atom stereocenters. The van der Waals surface area contributed by atoms with E-state index in [4.69, 9.17) is 0 Å². The molecule has 0 radical (unpaired) electrons. The molecule has 6 heteroatoms. The molecule has 0 saturated carbocycles. The summed E-state index contributed by atoms with van der Waals surface area (Å²) < 4.78 is 2.21. The van der Waals surface area contributed by atoms with E-state index in [-0.39, 0.29) is 22.6 Å². The lowest BCUT2D eigenvalue weighted by molar-refractivity contribution is -0.871. The van der Waals surface area contributed by atoms with E-state index in [0.29, 0.717) is 0 Å². The molecule has 118 valence electrons. The van der Waals surface area contributed by atoms with Gasteiger partial charge in [-0.1, -0.05) is 0 Å². The van der Waals surface area contributed by atoms with Crippen molar-refractivity contribution in [1.29, 1.82) is 0 Å². The zero-order valence-corrected chi connectivity index (χ0v) is 13.2. The van der Waals surface area contributed by atoms with Gasteiger partial charge >= 0.3 is 0 Å². The highest BCUT2D eigenvalue weighted by atomic mass is 16.0. The Balaban J connectivity index is -0.000000141. The summed E-state index contributed by atoms with van der Waals surface area (Å²) in [6.07, 6.45) is 5.55. The molecular weight excluding hydrogens is 234 g/mol. The van der Waals surface area contributed by atoms with Gasteiger partial charge in [0.15, 0.2) is 0 Å². The van der Waals surface area contributed by atoms with Crippen LogP contribution in [0.4, 0.5) is 0 Å². The van der Waals surface area contributed by atoms with Crippen LogP contribution in [-0.4, -0.2) is 80.8 Å². The molecule has 7 N–H and O–H groups in total. The Kier molecular flexibility index (Phi) is 22.5. The van der Waals surface area contributed by atoms with Crippen LogP contribution in [0, 0.1) is 0 Å². The quantitative estimate of drug-likeness (QED) is 0.546. The number of quaternary nitrogens is 2. The average Bonchev–Trinajstić information content (AvgIpc) is 1.92. The summed E-state index contributed by atoms with van der Waals surface area (Å²) >= 11 is 0. The van der Waals surface area contributed by atoms with Crippen molar-refractivity contribution < 1.29 is 25.4 Å². The minimum Gasteiger partial charge on any atom is -0.870 e. The van der Waals surface area contributed by atoms with Gasteiger partial charge in [-0.25, -0.2) is 0 Å². The van der Waals surface area contributed by atoms with Crippen molar-refractivity contribution in [3.05, 3.63) is 0 Å². The lowest BCUT2D eigenvalue weighted by Crippen LogP contribution is -2.35. The summed E-state index contributed by atoms with van der Waals surface area (Å²) in [5.74, 6) is 0. The van der Waals surface area contributed by atoms with E-state index in [9.17, 15) is 0 Å². The molecule has 0 aliphatic rings. The van der Waals surface area contributed by atoms with Crippen molar-refractivity contribution in [2.45, 2.75) is 25.7 Å². The monoisotopic (exact) mass is 271 g/mol. The zero-order valence-electron chi connectivity index (χ0n) is 13.2. The Bertz CT molecular complexity index is 136.